The minimum absolute atomic E-state index is 0.0654. The summed E-state index contributed by atoms with van der Waals surface area (Å²) in [7, 11) is -1.70. The third-order valence-corrected chi connectivity index (χ3v) is 6.63. The van der Waals surface area contributed by atoms with Gasteiger partial charge in [0.05, 0.1) is 42.5 Å². The van der Waals surface area contributed by atoms with E-state index in [1.165, 1.54) is 32.4 Å². The number of carbonyl (C=O) groups is 2. The van der Waals surface area contributed by atoms with Crippen LogP contribution in [0.1, 0.15) is 51.8 Å². The molecule has 1 aliphatic heterocycles. The van der Waals surface area contributed by atoms with Crippen LogP contribution in [-0.2, 0) is 19.5 Å². The Balaban J connectivity index is 1.87. The van der Waals surface area contributed by atoms with Crippen molar-refractivity contribution in [3.05, 3.63) is 53.5 Å². The average molecular weight is 451 g/mol. The summed E-state index contributed by atoms with van der Waals surface area (Å²) >= 11 is 0. The van der Waals surface area contributed by atoms with Crippen LogP contribution in [0.4, 0.5) is 0 Å². The zero-order chi connectivity index (χ0) is 22.4. The number of hydrogen-bond acceptors (Lipinski definition) is 8. The molecule has 0 saturated carbocycles. The lowest BCUT2D eigenvalue weighted by Gasteiger charge is -2.33. The Hall–Kier alpha value is -2.69. The zero-order valence-corrected chi connectivity index (χ0v) is 18.3. The van der Waals surface area contributed by atoms with E-state index in [-0.39, 0.29) is 28.6 Å². The van der Waals surface area contributed by atoms with Crippen LogP contribution >= 0.6 is 0 Å². The molecule has 168 valence electrons. The van der Waals surface area contributed by atoms with Gasteiger partial charge in [-0.25, -0.2) is 22.7 Å². The van der Waals surface area contributed by atoms with Crippen LogP contribution in [0.25, 0.3) is 0 Å². The normalized spacial score (nSPS) is 15.9. The highest BCUT2D eigenvalue weighted by Gasteiger charge is 2.27. The van der Waals surface area contributed by atoms with Gasteiger partial charge in [0.15, 0.2) is 0 Å². The molecule has 1 aromatic carbocycles. The standard InChI is InChI=1S/C21H26N2O7S/c1-28-20(24)15-11-16(21(25)29-2)13-17(12-15)31(26,27)22-14-18(19-7-6-10-30-19)23-8-4-3-5-9-23/h6-7,10-13,18,22H,3-5,8-9,14H2,1-2H3. The maximum Gasteiger partial charge on any atom is 0.337 e. The highest BCUT2D eigenvalue weighted by molar-refractivity contribution is 7.89. The van der Waals surface area contributed by atoms with Gasteiger partial charge in [0, 0.05) is 6.54 Å². The molecule has 1 aliphatic rings. The molecule has 0 spiro atoms. The first-order valence-corrected chi connectivity index (χ1v) is 11.4. The molecule has 2 heterocycles. The molecular formula is C21H26N2O7S. The minimum Gasteiger partial charge on any atom is -0.468 e. The van der Waals surface area contributed by atoms with Crippen molar-refractivity contribution in [1.82, 2.24) is 9.62 Å². The summed E-state index contributed by atoms with van der Waals surface area (Å²) in [5.74, 6) is -0.851. The van der Waals surface area contributed by atoms with Gasteiger partial charge in [-0.3, -0.25) is 4.90 Å². The second kappa shape index (κ2) is 10.1. The Morgan fingerprint density at radius 1 is 1.06 bits per heavy atom. The smallest absolute Gasteiger partial charge is 0.337 e. The van der Waals surface area contributed by atoms with Gasteiger partial charge in [-0.2, -0.15) is 0 Å². The van der Waals surface area contributed by atoms with E-state index >= 15 is 0 Å². The number of benzene rings is 1. The molecular weight excluding hydrogens is 424 g/mol. The molecule has 0 aliphatic carbocycles. The number of piperidine rings is 1. The number of carbonyl (C=O) groups excluding carboxylic acids is 2. The monoisotopic (exact) mass is 450 g/mol. The summed E-state index contributed by atoms with van der Waals surface area (Å²) < 4.78 is 43.6. The van der Waals surface area contributed by atoms with Crippen molar-refractivity contribution in [3.63, 3.8) is 0 Å². The van der Waals surface area contributed by atoms with Gasteiger partial charge in [-0.05, 0) is 56.3 Å². The van der Waals surface area contributed by atoms with Crippen molar-refractivity contribution in [2.45, 2.75) is 30.2 Å². The molecule has 3 rings (SSSR count). The van der Waals surface area contributed by atoms with Gasteiger partial charge in [0.2, 0.25) is 10.0 Å². The molecule has 0 amide bonds. The Morgan fingerprint density at radius 3 is 2.19 bits per heavy atom. The summed E-state index contributed by atoms with van der Waals surface area (Å²) in [5.41, 5.74) is -0.131. The number of furan rings is 1. The Kier molecular flexibility index (Phi) is 7.47. The average Bonchev–Trinajstić information content (AvgIpc) is 3.33. The minimum atomic E-state index is -4.05. The second-order valence-electron chi connectivity index (χ2n) is 7.21. The molecule has 10 heteroatoms. The fraction of sp³-hybridized carbons (Fsp3) is 0.429. The SMILES string of the molecule is COC(=O)c1cc(C(=O)OC)cc(S(=O)(=O)NCC(c2ccco2)N2CCCCC2)c1. The van der Waals surface area contributed by atoms with Gasteiger partial charge < -0.3 is 13.9 Å². The molecule has 1 saturated heterocycles. The topological polar surface area (TPSA) is 115 Å². The van der Waals surface area contributed by atoms with Gasteiger partial charge in [-0.15, -0.1) is 0 Å². The lowest BCUT2D eigenvalue weighted by atomic mass is 10.1. The number of nitrogens with zero attached hydrogens (tertiary/aromatic N) is 1. The Bertz CT molecular complexity index is 978. The molecule has 1 atom stereocenters. The number of nitrogens with one attached hydrogen (secondary N) is 1. The number of esters is 2. The molecule has 2 aromatic rings. The van der Waals surface area contributed by atoms with Gasteiger partial charge in [-0.1, -0.05) is 6.42 Å². The van der Waals surface area contributed by atoms with Crippen LogP contribution in [-0.4, -0.2) is 59.1 Å². The van der Waals surface area contributed by atoms with Gasteiger partial charge >= 0.3 is 11.9 Å². The third-order valence-electron chi connectivity index (χ3n) is 5.23. The summed E-state index contributed by atoms with van der Waals surface area (Å²) in [6, 6.07) is 6.89. The van der Waals surface area contributed by atoms with Crippen molar-refractivity contribution in [3.8, 4) is 0 Å². The number of sulfonamides is 1. The highest BCUT2D eigenvalue weighted by Crippen LogP contribution is 2.25. The number of hydrogen-bond donors (Lipinski definition) is 1. The molecule has 1 unspecified atom stereocenters. The van der Waals surface area contributed by atoms with Crippen molar-refractivity contribution >= 4 is 22.0 Å². The van der Waals surface area contributed by atoms with Crippen molar-refractivity contribution in [1.29, 1.82) is 0 Å². The molecule has 1 fully saturated rings. The fourth-order valence-electron chi connectivity index (χ4n) is 3.62. The summed E-state index contributed by atoms with van der Waals surface area (Å²) in [4.78, 5) is 25.9. The number of ether oxygens (including phenoxy) is 2. The van der Waals surface area contributed by atoms with Crippen molar-refractivity contribution < 1.29 is 31.9 Å². The van der Waals surface area contributed by atoms with E-state index in [9.17, 15) is 18.0 Å². The maximum absolute atomic E-state index is 13.1. The van der Waals surface area contributed by atoms with Crippen LogP contribution < -0.4 is 4.72 Å². The molecule has 31 heavy (non-hydrogen) atoms. The number of methoxy groups -OCH3 is 2. The summed E-state index contributed by atoms with van der Waals surface area (Å²) in [6.07, 6.45) is 4.77. The Morgan fingerprint density at radius 2 is 1.68 bits per heavy atom. The first-order chi connectivity index (χ1) is 14.9. The number of likely N-dealkylation sites (tertiary alicyclic amines) is 1. The summed E-state index contributed by atoms with van der Waals surface area (Å²) in [6.45, 7) is 1.76. The zero-order valence-electron chi connectivity index (χ0n) is 17.5. The van der Waals surface area contributed by atoms with E-state index in [0.717, 1.165) is 32.4 Å². The molecule has 0 radical (unpaired) electrons. The molecule has 1 N–H and O–H groups in total. The van der Waals surface area contributed by atoms with Crippen LogP contribution in [0.3, 0.4) is 0 Å². The van der Waals surface area contributed by atoms with Crippen LogP contribution in [0.5, 0.6) is 0 Å². The van der Waals surface area contributed by atoms with E-state index in [1.807, 2.05) is 6.07 Å². The number of rotatable bonds is 8. The molecule has 1 aromatic heterocycles. The van der Waals surface area contributed by atoms with Gasteiger partial charge in [0.25, 0.3) is 0 Å². The van der Waals surface area contributed by atoms with Crippen molar-refractivity contribution in [2.75, 3.05) is 33.9 Å². The highest BCUT2D eigenvalue weighted by atomic mass is 32.2. The lowest BCUT2D eigenvalue weighted by molar-refractivity contribution is 0.0598. The quantitative estimate of drug-likeness (QED) is 0.610. The van der Waals surface area contributed by atoms with E-state index in [1.54, 1.807) is 12.3 Å². The van der Waals surface area contributed by atoms with Crippen molar-refractivity contribution in [2.24, 2.45) is 0 Å². The lowest BCUT2D eigenvalue weighted by Crippen LogP contribution is -2.40. The Labute approximate surface area is 181 Å². The first-order valence-electron chi connectivity index (χ1n) is 9.94. The van der Waals surface area contributed by atoms with E-state index < -0.39 is 22.0 Å². The first kappa shape index (κ1) is 23.0. The predicted molar refractivity (Wildman–Crippen MR) is 111 cm³/mol. The molecule has 0 bridgehead atoms. The largest absolute Gasteiger partial charge is 0.468 e. The van der Waals surface area contributed by atoms with Crippen LogP contribution in [0.2, 0.25) is 0 Å². The summed E-state index contributed by atoms with van der Waals surface area (Å²) in [5, 5.41) is 0. The van der Waals surface area contributed by atoms with Gasteiger partial charge in [0.1, 0.15) is 5.76 Å². The van der Waals surface area contributed by atoms with Crippen LogP contribution in [0, 0.1) is 0 Å². The molecule has 9 nitrogen and oxygen atoms in total. The van der Waals surface area contributed by atoms with Crippen LogP contribution in [0.15, 0.2) is 45.9 Å². The third kappa shape index (κ3) is 5.52. The van der Waals surface area contributed by atoms with E-state index in [4.69, 9.17) is 4.42 Å². The second-order valence-corrected chi connectivity index (χ2v) is 8.98. The van der Waals surface area contributed by atoms with E-state index in [2.05, 4.69) is 19.1 Å². The predicted octanol–water partition coefficient (Wildman–Crippen LogP) is 2.36. The van der Waals surface area contributed by atoms with E-state index in [0.29, 0.717) is 5.76 Å². The maximum atomic E-state index is 13.1. The fourth-order valence-corrected chi connectivity index (χ4v) is 4.73.